The van der Waals surface area contributed by atoms with Crippen LogP contribution in [-0.2, 0) is 14.9 Å². The lowest BCUT2D eigenvalue weighted by Crippen LogP contribution is -2.31. The summed E-state index contributed by atoms with van der Waals surface area (Å²) in [6, 6.07) is 8.48. The molecule has 1 fully saturated rings. The summed E-state index contributed by atoms with van der Waals surface area (Å²) in [7, 11) is 0. The maximum atomic E-state index is 11.9. The lowest BCUT2D eigenvalue weighted by atomic mass is 9.78. The Balaban J connectivity index is 2.14. The second-order valence-corrected chi connectivity index (χ2v) is 5.60. The molecule has 0 N–H and O–H groups in total. The fourth-order valence-electron chi connectivity index (χ4n) is 2.34. The number of rotatable bonds is 4. The van der Waals surface area contributed by atoms with E-state index in [2.05, 4.69) is 24.3 Å². The summed E-state index contributed by atoms with van der Waals surface area (Å²) >= 11 is 0. The molecule has 0 saturated heterocycles. The number of hydrogen-bond acceptors (Lipinski definition) is 2. The van der Waals surface area contributed by atoms with Gasteiger partial charge in [0.25, 0.3) is 0 Å². The quantitative estimate of drug-likeness (QED) is 0.755. The third kappa shape index (κ3) is 2.43. The lowest BCUT2D eigenvalue weighted by molar-refractivity contribution is -0.148. The Bertz CT molecular complexity index is 413. The van der Waals surface area contributed by atoms with Crippen LogP contribution in [0.4, 0.5) is 0 Å². The van der Waals surface area contributed by atoms with Gasteiger partial charge in [-0.1, -0.05) is 30.7 Å². The van der Waals surface area contributed by atoms with Crippen LogP contribution in [0.5, 0.6) is 0 Å². The van der Waals surface area contributed by atoms with Crippen LogP contribution in [-0.4, -0.2) is 12.6 Å². The van der Waals surface area contributed by atoms with Crippen LogP contribution in [0.1, 0.15) is 57.1 Å². The van der Waals surface area contributed by atoms with Crippen molar-refractivity contribution in [3.8, 4) is 0 Å². The van der Waals surface area contributed by atoms with E-state index in [1.165, 1.54) is 24.8 Å². The van der Waals surface area contributed by atoms with Crippen molar-refractivity contribution in [2.75, 3.05) is 6.61 Å². The number of ether oxygens (including phenoxy) is 1. The normalized spacial score (nSPS) is 16.2. The number of carbonyl (C=O) groups excluding carboxylic acids is 1. The summed E-state index contributed by atoms with van der Waals surface area (Å²) in [5, 5.41) is 0. The molecule has 0 bridgehead atoms. The van der Waals surface area contributed by atoms with E-state index < -0.39 is 5.41 Å². The van der Waals surface area contributed by atoms with Crippen molar-refractivity contribution in [2.24, 2.45) is 0 Å². The van der Waals surface area contributed by atoms with Gasteiger partial charge in [-0.3, -0.25) is 4.79 Å². The second-order valence-electron chi connectivity index (χ2n) is 5.60. The summed E-state index contributed by atoms with van der Waals surface area (Å²) in [5.41, 5.74) is 1.88. The highest BCUT2D eigenvalue weighted by Gasteiger charge is 2.31. The number of esters is 1. The molecule has 2 nitrogen and oxygen atoms in total. The smallest absolute Gasteiger partial charge is 0.315 e. The molecule has 1 aliphatic carbocycles. The number of benzene rings is 1. The highest BCUT2D eigenvalue weighted by atomic mass is 16.5. The first-order chi connectivity index (χ1) is 8.55. The molecule has 1 aromatic carbocycles. The molecule has 2 rings (SSSR count). The van der Waals surface area contributed by atoms with E-state index in [9.17, 15) is 4.79 Å². The standard InChI is InChI=1S/C16H22O2/c1-4-18-15(17)16(2,3)14-10-8-13(9-11-14)12-6-5-7-12/h8-12H,4-7H2,1-3H3. The van der Waals surface area contributed by atoms with E-state index in [4.69, 9.17) is 4.74 Å². The first-order valence-electron chi connectivity index (χ1n) is 6.83. The van der Waals surface area contributed by atoms with Gasteiger partial charge in [0, 0.05) is 0 Å². The molecule has 0 heterocycles. The van der Waals surface area contributed by atoms with E-state index in [0.29, 0.717) is 6.61 Å². The average molecular weight is 246 g/mol. The highest BCUT2D eigenvalue weighted by Crippen LogP contribution is 2.37. The van der Waals surface area contributed by atoms with Crippen LogP contribution in [0.15, 0.2) is 24.3 Å². The van der Waals surface area contributed by atoms with Crippen LogP contribution in [0.3, 0.4) is 0 Å². The van der Waals surface area contributed by atoms with E-state index in [0.717, 1.165) is 11.5 Å². The SMILES string of the molecule is CCOC(=O)C(C)(C)c1ccc(C2CCC2)cc1. The van der Waals surface area contributed by atoms with Crippen molar-refractivity contribution in [1.29, 1.82) is 0 Å². The Morgan fingerprint density at radius 3 is 2.33 bits per heavy atom. The third-order valence-corrected chi connectivity index (χ3v) is 3.99. The Morgan fingerprint density at radius 1 is 1.28 bits per heavy atom. The number of hydrogen-bond donors (Lipinski definition) is 0. The zero-order valence-corrected chi connectivity index (χ0v) is 11.5. The Labute approximate surface area is 109 Å². The third-order valence-electron chi connectivity index (χ3n) is 3.99. The first kappa shape index (κ1) is 13.1. The fourth-order valence-corrected chi connectivity index (χ4v) is 2.34. The van der Waals surface area contributed by atoms with Crippen LogP contribution in [0, 0.1) is 0 Å². The van der Waals surface area contributed by atoms with Crippen molar-refractivity contribution < 1.29 is 9.53 Å². The van der Waals surface area contributed by atoms with E-state index >= 15 is 0 Å². The summed E-state index contributed by atoms with van der Waals surface area (Å²) in [5.74, 6) is 0.589. The van der Waals surface area contributed by atoms with Crippen LogP contribution in [0.25, 0.3) is 0 Å². The predicted octanol–water partition coefficient (Wildman–Crippen LogP) is 3.79. The fraction of sp³-hybridized carbons (Fsp3) is 0.562. The van der Waals surface area contributed by atoms with Gasteiger partial charge < -0.3 is 4.74 Å². The average Bonchev–Trinajstić information content (AvgIpc) is 2.28. The molecule has 1 aliphatic rings. The van der Waals surface area contributed by atoms with Gasteiger partial charge in [-0.25, -0.2) is 0 Å². The van der Waals surface area contributed by atoms with Gasteiger partial charge in [0.2, 0.25) is 0 Å². The summed E-state index contributed by atoms with van der Waals surface area (Å²) in [6.07, 6.45) is 3.96. The largest absolute Gasteiger partial charge is 0.465 e. The van der Waals surface area contributed by atoms with Crippen LogP contribution < -0.4 is 0 Å². The van der Waals surface area contributed by atoms with Gasteiger partial charge in [0.05, 0.1) is 12.0 Å². The Hall–Kier alpha value is -1.31. The molecule has 1 aromatic rings. The predicted molar refractivity (Wildman–Crippen MR) is 72.7 cm³/mol. The minimum Gasteiger partial charge on any atom is -0.465 e. The second kappa shape index (κ2) is 5.13. The van der Waals surface area contributed by atoms with Gasteiger partial charge in [0.1, 0.15) is 0 Å². The summed E-state index contributed by atoms with van der Waals surface area (Å²) in [6.45, 7) is 6.11. The zero-order chi connectivity index (χ0) is 13.2. The van der Waals surface area contributed by atoms with Crippen molar-refractivity contribution in [3.63, 3.8) is 0 Å². The Morgan fingerprint density at radius 2 is 1.89 bits per heavy atom. The Kier molecular flexibility index (Phi) is 3.74. The van der Waals surface area contributed by atoms with Crippen molar-refractivity contribution in [1.82, 2.24) is 0 Å². The van der Waals surface area contributed by atoms with E-state index in [1.54, 1.807) is 0 Å². The van der Waals surface area contributed by atoms with Crippen molar-refractivity contribution >= 4 is 5.97 Å². The van der Waals surface area contributed by atoms with Crippen LogP contribution >= 0.6 is 0 Å². The molecule has 0 atom stereocenters. The molecule has 1 saturated carbocycles. The number of carbonyl (C=O) groups is 1. The molecular formula is C16H22O2. The highest BCUT2D eigenvalue weighted by molar-refractivity contribution is 5.82. The minimum absolute atomic E-state index is 0.151. The first-order valence-corrected chi connectivity index (χ1v) is 6.83. The monoisotopic (exact) mass is 246 g/mol. The molecule has 0 amide bonds. The molecule has 0 unspecified atom stereocenters. The summed E-state index contributed by atoms with van der Waals surface area (Å²) in [4.78, 5) is 11.9. The van der Waals surface area contributed by atoms with Gasteiger partial charge in [-0.2, -0.15) is 0 Å². The summed E-state index contributed by atoms with van der Waals surface area (Å²) < 4.78 is 5.13. The van der Waals surface area contributed by atoms with Gasteiger partial charge in [-0.05, 0) is 50.7 Å². The van der Waals surface area contributed by atoms with Gasteiger partial charge in [0.15, 0.2) is 0 Å². The molecule has 0 radical (unpaired) electrons. The lowest BCUT2D eigenvalue weighted by Gasteiger charge is -2.27. The molecular weight excluding hydrogens is 224 g/mol. The zero-order valence-electron chi connectivity index (χ0n) is 11.5. The molecule has 18 heavy (non-hydrogen) atoms. The van der Waals surface area contributed by atoms with Gasteiger partial charge in [-0.15, -0.1) is 0 Å². The van der Waals surface area contributed by atoms with Crippen molar-refractivity contribution in [2.45, 2.75) is 51.4 Å². The molecule has 2 heteroatoms. The minimum atomic E-state index is -0.561. The maximum absolute atomic E-state index is 11.9. The molecule has 0 aromatic heterocycles. The van der Waals surface area contributed by atoms with Crippen LogP contribution in [0.2, 0.25) is 0 Å². The van der Waals surface area contributed by atoms with Gasteiger partial charge >= 0.3 is 5.97 Å². The van der Waals surface area contributed by atoms with E-state index in [1.807, 2.05) is 20.8 Å². The van der Waals surface area contributed by atoms with Crippen molar-refractivity contribution in [3.05, 3.63) is 35.4 Å². The topological polar surface area (TPSA) is 26.3 Å². The molecule has 0 aliphatic heterocycles. The van der Waals surface area contributed by atoms with E-state index in [-0.39, 0.29) is 5.97 Å². The molecule has 0 spiro atoms. The maximum Gasteiger partial charge on any atom is 0.315 e. The molecule has 98 valence electrons.